The van der Waals surface area contributed by atoms with Crippen LogP contribution in [0, 0.1) is 0 Å². The number of amides is 1. The lowest BCUT2D eigenvalue weighted by molar-refractivity contribution is 0.0825. The van der Waals surface area contributed by atoms with Crippen molar-refractivity contribution in [3.8, 4) is 5.75 Å². The third-order valence-electron chi connectivity index (χ3n) is 3.57. The van der Waals surface area contributed by atoms with Gasteiger partial charge in [-0.1, -0.05) is 0 Å². The molecule has 1 aromatic carbocycles. The Labute approximate surface area is 131 Å². The van der Waals surface area contributed by atoms with Gasteiger partial charge in [-0.15, -0.1) is 0 Å². The van der Waals surface area contributed by atoms with E-state index in [1.54, 1.807) is 21.2 Å². The average molecular weight is 308 g/mol. The van der Waals surface area contributed by atoms with Crippen molar-refractivity contribution in [3.05, 3.63) is 17.2 Å². The van der Waals surface area contributed by atoms with Gasteiger partial charge in [-0.25, -0.2) is 0 Å². The number of rotatable bonds is 5. The highest BCUT2D eigenvalue weighted by molar-refractivity contribution is 6.00. The average Bonchev–Trinajstić information content (AvgIpc) is 2.84. The second-order valence-electron chi connectivity index (χ2n) is 5.88. The van der Waals surface area contributed by atoms with Gasteiger partial charge in [0.1, 0.15) is 18.2 Å². The highest BCUT2D eigenvalue weighted by Crippen LogP contribution is 2.43. The maximum Gasteiger partial charge on any atom is 0.253 e. The van der Waals surface area contributed by atoms with E-state index in [1.807, 2.05) is 30.0 Å². The molecule has 7 heteroatoms. The Kier molecular flexibility index (Phi) is 4.77. The minimum Gasteiger partial charge on any atom is -0.505 e. The van der Waals surface area contributed by atoms with Crippen LogP contribution in [0.3, 0.4) is 0 Å². The molecule has 0 fully saturated rings. The molecule has 1 aromatic rings. The van der Waals surface area contributed by atoms with Gasteiger partial charge < -0.3 is 29.9 Å². The van der Waals surface area contributed by atoms with Gasteiger partial charge in [0.05, 0.1) is 12.4 Å². The summed E-state index contributed by atoms with van der Waals surface area (Å²) in [5.74, 6) is 0.00854. The summed E-state index contributed by atoms with van der Waals surface area (Å²) in [6, 6.07) is 1.83. The number of ether oxygens (including phenoxy) is 1. The van der Waals surface area contributed by atoms with Crippen LogP contribution in [0.25, 0.3) is 0 Å². The van der Waals surface area contributed by atoms with Gasteiger partial charge in [-0.2, -0.15) is 0 Å². The zero-order valence-corrected chi connectivity index (χ0v) is 13.8. The Balaban J connectivity index is 2.57. The van der Waals surface area contributed by atoms with E-state index in [0.717, 1.165) is 5.69 Å². The van der Waals surface area contributed by atoms with Crippen molar-refractivity contribution in [1.29, 1.82) is 0 Å². The molecular formula is C15H24N4O3. The summed E-state index contributed by atoms with van der Waals surface area (Å²) in [6.45, 7) is 1.42. The number of carbonyl (C=O) groups is 1. The monoisotopic (exact) mass is 308 g/mol. The van der Waals surface area contributed by atoms with Crippen LogP contribution < -0.4 is 10.2 Å². The van der Waals surface area contributed by atoms with E-state index in [1.165, 1.54) is 4.90 Å². The first kappa shape index (κ1) is 16.4. The number of aromatic hydroxyl groups is 1. The molecule has 1 amide bonds. The fourth-order valence-corrected chi connectivity index (χ4v) is 2.56. The van der Waals surface area contributed by atoms with Gasteiger partial charge in [0.25, 0.3) is 5.91 Å². The minimum absolute atomic E-state index is 0.126. The number of hydrogen-bond acceptors (Lipinski definition) is 6. The topological polar surface area (TPSA) is 68.3 Å². The Bertz CT molecular complexity index is 572. The molecule has 2 rings (SSSR count). The predicted octanol–water partition coefficient (Wildman–Crippen LogP) is 0.949. The summed E-state index contributed by atoms with van der Waals surface area (Å²) < 4.78 is 5.17. The van der Waals surface area contributed by atoms with Crippen LogP contribution in [-0.2, 0) is 11.3 Å². The lowest BCUT2D eigenvalue weighted by atomic mass is 10.0. The Hall–Kier alpha value is -1.99. The van der Waals surface area contributed by atoms with Crippen LogP contribution >= 0.6 is 0 Å². The number of hydrogen-bond donors (Lipinski definition) is 2. The number of phenols is 1. The first-order valence-electron chi connectivity index (χ1n) is 7.09. The van der Waals surface area contributed by atoms with E-state index in [4.69, 9.17) is 4.74 Å². The molecule has 0 bridgehead atoms. The van der Waals surface area contributed by atoms with Crippen LogP contribution in [0.1, 0.15) is 15.9 Å². The molecule has 7 nitrogen and oxygen atoms in total. The third kappa shape index (κ3) is 2.95. The van der Waals surface area contributed by atoms with Crippen molar-refractivity contribution < 1.29 is 14.6 Å². The van der Waals surface area contributed by atoms with Gasteiger partial charge in [-0.05, 0) is 20.2 Å². The molecule has 22 heavy (non-hydrogen) atoms. The number of phenolic OH excluding ortho intramolecular Hbond substituents is 1. The summed E-state index contributed by atoms with van der Waals surface area (Å²) >= 11 is 0. The number of benzene rings is 1. The normalized spacial score (nSPS) is 13.3. The molecule has 0 spiro atoms. The SMILES string of the molecule is COCN1CNc2c1cc(C(=O)N(C)C)c(CN(C)C)c2O. The molecular weight excluding hydrogens is 284 g/mol. The lowest BCUT2D eigenvalue weighted by Crippen LogP contribution is -2.26. The standard InChI is InChI=1S/C15H24N4O3/c1-17(2)7-11-10(15(21)18(3)4)6-12-13(14(11)20)16-8-19(12)9-22-5/h6,16,20H,7-9H2,1-5H3. The molecule has 0 radical (unpaired) electrons. The highest BCUT2D eigenvalue weighted by Gasteiger charge is 2.28. The van der Waals surface area contributed by atoms with E-state index in [-0.39, 0.29) is 11.7 Å². The van der Waals surface area contributed by atoms with E-state index < -0.39 is 0 Å². The Morgan fingerprint density at radius 1 is 1.41 bits per heavy atom. The number of nitrogens with one attached hydrogen (secondary N) is 1. The van der Waals surface area contributed by atoms with Crippen LogP contribution in [-0.4, -0.2) is 69.5 Å². The summed E-state index contributed by atoms with van der Waals surface area (Å²) in [5, 5.41) is 13.8. The molecule has 122 valence electrons. The minimum atomic E-state index is -0.126. The molecule has 0 saturated carbocycles. The number of anilines is 2. The van der Waals surface area contributed by atoms with Gasteiger partial charge in [0.15, 0.2) is 0 Å². The molecule has 2 N–H and O–H groups in total. The number of carbonyl (C=O) groups excluding carboxylic acids is 1. The molecule has 1 aliphatic rings. The largest absolute Gasteiger partial charge is 0.505 e. The Morgan fingerprint density at radius 3 is 2.64 bits per heavy atom. The summed E-state index contributed by atoms with van der Waals surface area (Å²) in [6.07, 6.45) is 0. The highest BCUT2D eigenvalue weighted by atomic mass is 16.5. The van der Waals surface area contributed by atoms with Crippen LogP contribution in [0.15, 0.2) is 6.07 Å². The van der Waals surface area contributed by atoms with Crippen LogP contribution in [0.2, 0.25) is 0 Å². The summed E-state index contributed by atoms with van der Waals surface area (Å²) in [7, 11) is 8.83. The van der Waals surface area contributed by atoms with Crippen molar-refractivity contribution >= 4 is 17.3 Å². The van der Waals surface area contributed by atoms with Crippen molar-refractivity contribution in [2.24, 2.45) is 0 Å². The van der Waals surface area contributed by atoms with E-state index >= 15 is 0 Å². The second-order valence-corrected chi connectivity index (χ2v) is 5.88. The smallest absolute Gasteiger partial charge is 0.253 e. The Morgan fingerprint density at radius 2 is 2.09 bits per heavy atom. The number of methoxy groups -OCH3 is 1. The molecule has 1 heterocycles. The molecule has 0 saturated heterocycles. The second kappa shape index (κ2) is 6.41. The van der Waals surface area contributed by atoms with Crippen molar-refractivity contribution in [3.63, 3.8) is 0 Å². The van der Waals surface area contributed by atoms with E-state index in [2.05, 4.69) is 5.32 Å². The van der Waals surface area contributed by atoms with Gasteiger partial charge in [0, 0.05) is 38.9 Å². The van der Waals surface area contributed by atoms with Crippen molar-refractivity contribution in [1.82, 2.24) is 9.80 Å². The van der Waals surface area contributed by atoms with Crippen molar-refractivity contribution in [2.75, 3.05) is 58.9 Å². The van der Waals surface area contributed by atoms with Gasteiger partial charge >= 0.3 is 0 Å². The first-order valence-corrected chi connectivity index (χ1v) is 7.09. The number of nitrogens with zero attached hydrogens (tertiary/aromatic N) is 3. The zero-order chi connectivity index (χ0) is 16.4. The van der Waals surface area contributed by atoms with E-state index in [0.29, 0.717) is 36.8 Å². The molecule has 0 aromatic heterocycles. The summed E-state index contributed by atoms with van der Waals surface area (Å²) in [5.41, 5.74) is 2.59. The maximum absolute atomic E-state index is 12.5. The molecule has 1 aliphatic heterocycles. The molecule has 0 atom stereocenters. The molecule has 0 aliphatic carbocycles. The molecule has 0 unspecified atom stereocenters. The van der Waals surface area contributed by atoms with Crippen LogP contribution in [0.4, 0.5) is 11.4 Å². The van der Waals surface area contributed by atoms with Gasteiger partial charge in [0.2, 0.25) is 0 Å². The van der Waals surface area contributed by atoms with Crippen molar-refractivity contribution in [2.45, 2.75) is 6.54 Å². The third-order valence-corrected chi connectivity index (χ3v) is 3.57. The number of fused-ring (bicyclic) bond motifs is 1. The fraction of sp³-hybridized carbons (Fsp3) is 0.533. The summed E-state index contributed by atoms with van der Waals surface area (Å²) in [4.78, 5) is 17.9. The predicted molar refractivity (Wildman–Crippen MR) is 86.4 cm³/mol. The lowest BCUT2D eigenvalue weighted by Gasteiger charge is -2.22. The van der Waals surface area contributed by atoms with Gasteiger partial charge in [-0.3, -0.25) is 4.79 Å². The first-order chi connectivity index (χ1) is 10.4. The fourth-order valence-electron chi connectivity index (χ4n) is 2.56. The zero-order valence-electron chi connectivity index (χ0n) is 13.8. The van der Waals surface area contributed by atoms with E-state index in [9.17, 15) is 9.90 Å². The quantitative estimate of drug-likeness (QED) is 0.790. The maximum atomic E-state index is 12.5. The van der Waals surface area contributed by atoms with Crippen LogP contribution in [0.5, 0.6) is 5.75 Å².